The normalized spacial score (nSPS) is 21.3. The van der Waals surface area contributed by atoms with Crippen LogP contribution in [0.25, 0.3) is 0 Å². The predicted molar refractivity (Wildman–Crippen MR) is 221 cm³/mol. The van der Waals surface area contributed by atoms with Gasteiger partial charge in [-0.15, -0.1) is 0 Å². The Hall–Kier alpha value is -6.06. The molecule has 0 radical (unpaired) electrons. The number of nitrogens with zero attached hydrogens (tertiary/aromatic N) is 7. The number of hydrogen-bond donors (Lipinski definition) is 3. The van der Waals surface area contributed by atoms with E-state index in [1.165, 1.54) is 5.56 Å². The van der Waals surface area contributed by atoms with Crippen molar-refractivity contribution in [2.45, 2.75) is 88.8 Å². The minimum atomic E-state index is -0.677. The molecular formula is C43H54N10O6. The molecule has 2 aromatic carbocycles. The predicted octanol–water partition coefficient (Wildman–Crippen LogP) is 3.78. The standard InChI is InChI=1S/C43H52N10O6.H2/c1-49-22-23-52(43(49)59)31-8-5-19-51(25-31)35-24-45-38(39(44)56)40(47-35)46-30-13-11-27(12-14-30)28-17-20-50(21-18-28)37(55)10-3-2-6-29-7-4-9-32-33(29)26-53(42(32)58)34-15-16-36(54)48-41(34)57;/h4,7,9,11-14,24,28,31,34H,2-3,5-6,8,10,15-23,25-26H2,1H3,(H2,44,56)(H,46,47)(H,48,54,57);1H/t31-,34?;/m1./s1. The average molecular weight is 807 g/mol. The van der Waals surface area contributed by atoms with Crippen LogP contribution < -0.4 is 21.3 Å². The fourth-order valence-corrected chi connectivity index (χ4v) is 9.30. The first-order chi connectivity index (χ1) is 28.5. The van der Waals surface area contributed by atoms with E-state index in [1.807, 2.05) is 41.1 Å². The number of aryl methyl sites for hydroxylation is 1. The Balaban J connectivity index is 0.00000544. The number of unbranched alkanes of at least 4 members (excludes halogenated alkanes) is 1. The van der Waals surface area contributed by atoms with Crippen molar-refractivity contribution in [3.05, 3.63) is 76.6 Å². The number of carbonyl (C=O) groups is 6. The Morgan fingerprint density at radius 1 is 0.932 bits per heavy atom. The zero-order chi connectivity index (χ0) is 41.2. The Kier molecular flexibility index (Phi) is 11.5. The van der Waals surface area contributed by atoms with Crippen molar-refractivity contribution < 1.29 is 30.2 Å². The first kappa shape index (κ1) is 39.8. The van der Waals surface area contributed by atoms with E-state index < -0.39 is 17.9 Å². The molecule has 3 aromatic rings. The first-order valence-corrected chi connectivity index (χ1v) is 20.9. The Morgan fingerprint density at radius 2 is 1.73 bits per heavy atom. The number of anilines is 3. The molecule has 4 N–H and O–H groups in total. The second-order valence-electron chi connectivity index (χ2n) is 16.4. The lowest BCUT2D eigenvalue weighted by Gasteiger charge is -2.37. The second kappa shape index (κ2) is 17.0. The highest BCUT2D eigenvalue weighted by Crippen LogP contribution is 2.33. The number of fused-ring (bicyclic) bond motifs is 1. The number of rotatable bonds is 12. The highest BCUT2D eigenvalue weighted by atomic mass is 16.2. The summed E-state index contributed by atoms with van der Waals surface area (Å²) < 4.78 is 0. The summed E-state index contributed by atoms with van der Waals surface area (Å²) in [4.78, 5) is 94.0. The third kappa shape index (κ3) is 8.43. The number of likely N-dealkylation sites (tertiary alicyclic amines) is 1. The summed E-state index contributed by atoms with van der Waals surface area (Å²) in [6.45, 7) is 4.58. The van der Waals surface area contributed by atoms with Gasteiger partial charge in [-0.3, -0.25) is 29.3 Å². The molecule has 0 spiro atoms. The van der Waals surface area contributed by atoms with E-state index in [1.54, 1.807) is 22.1 Å². The molecule has 0 saturated carbocycles. The van der Waals surface area contributed by atoms with Gasteiger partial charge in [-0.25, -0.2) is 14.8 Å². The summed E-state index contributed by atoms with van der Waals surface area (Å²) in [6, 6.07) is 13.3. The van der Waals surface area contributed by atoms with Crippen LogP contribution in [0.1, 0.15) is 103 Å². The number of nitrogens with one attached hydrogen (secondary N) is 2. The van der Waals surface area contributed by atoms with Crippen molar-refractivity contribution in [1.82, 2.24) is 34.9 Å². The van der Waals surface area contributed by atoms with Gasteiger partial charge in [0.2, 0.25) is 17.7 Å². The molecule has 4 saturated heterocycles. The van der Waals surface area contributed by atoms with Crippen molar-refractivity contribution in [3.8, 4) is 0 Å². The van der Waals surface area contributed by atoms with Crippen LogP contribution in [0.4, 0.5) is 22.1 Å². The van der Waals surface area contributed by atoms with Gasteiger partial charge in [-0.2, -0.15) is 0 Å². The smallest absolute Gasteiger partial charge is 0.320 e. The van der Waals surface area contributed by atoms with E-state index in [0.29, 0.717) is 62.9 Å². The van der Waals surface area contributed by atoms with Crippen molar-refractivity contribution in [2.24, 2.45) is 5.73 Å². The molecule has 6 heterocycles. The summed E-state index contributed by atoms with van der Waals surface area (Å²) in [6.07, 6.45) is 8.44. The van der Waals surface area contributed by atoms with Gasteiger partial charge in [0.1, 0.15) is 11.9 Å². The van der Waals surface area contributed by atoms with Crippen molar-refractivity contribution in [1.29, 1.82) is 0 Å². The molecule has 5 aliphatic heterocycles. The third-order valence-electron chi connectivity index (χ3n) is 12.7. The van der Waals surface area contributed by atoms with E-state index in [-0.39, 0.29) is 49.2 Å². The van der Waals surface area contributed by atoms with Crippen LogP contribution in [0.2, 0.25) is 0 Å². The van der Waals surface area contributed by atoms with Gasteiger partial charge in [0.15, 0.2) is 11.5 Å². The van der Waals surface area contributed by atoms with Crippen LogP contribution in [0.5, 0.6) is 0 Å². The van der Waals surface area contributed by atoms with Crippen LogP contribution >= 0.6 is 0 Å². The molecule has 0 bridgehead atoms. The number of benzene rings is 2. The Bertz CT molecular complexity index is 2140. The SMILES string of the molecule is CN1CCN([C@@H]2CCCN(c3cnc(C(N)=O)c(Nc4ccc(C5CCN(C(=O)CCCCc6cccc7c6CN(C6CCC(=O)NC6=O)C7=O)CC5)cc4)n3)C2)C1=O.[HH]. The summed E-state index contributed by atoms with van der Waals surface area (Å²) in [5.74, 6) is -0.190. The molecule has 1 unspecified atom stereocenters. The van der Waals surface area contributed by atoms with E-state index >= 15 is 0 Å². The van der Waals surface area contributed by atoms with Gasteiger partial charge in [-0.1, -0.05) is 24.3 Å². The number of aromatic nitrogens is 2. The highest BCUT2D eigenvalue weighted by Gasteiger charge is 2.40. The Labute approximate surface area is 345 Å². The molecule has 0 aliphatic carbocycles. The number of amides is 7. The van der Waals surface area contributed by atoms with Gasteiger partial charge in [0.25, 0.3) is 11.8 Å². The number of hydrogen-bond acceptors (Lipinski definition) is 10. The number of primary amides is 1. The molecule has 16 nitrogen and oxygen atoms in total. The average Bonchev–Trinajstić information content (AvgIpc) is 3.76. The lowest BCUT2D eigenvalue weighted by molar-refractivity contribution is -0.137. The van der Waals surface area contributed by atoms with E-state index in [9.17, 15) is 28.8 Å². The summed E-state index contributed by atoms with van der Waals surface area (Å²) in [5.41, 5.74) is 10.3. The maximum absolute atomic E-state index is 13.2. The summed E-state index contributed by atoms with van der Waals surface area (Å²) in [7, 11) is 1.82. The van der Waals surface area contributed by atoms with Crippen LogP contribution in [0.15, 0.2) is 48.7 Å². The van der Waals surface area contributed by atoms with E-state index in [4.69, 9.17) is 10.7 Å². The third-order valence-corrected chi connectivity index (χ3v) is 12.7. The number of nitrogens with two attached hydrogens (primary N) is 1. The molecular weight excluding hydrogens is 753 g/mol. The van der Waals surface area contributed by atoms with E-state index in [0.717, 1.165) is 74.8 Å². The van der Waals surface area contributed by atoms with Crippen LogP contribution in [0.3, 0.4) is 0 Å². The number of carbonyl (C=O) groups excluding carboxylic acids is 6. The molecule has 8 rings (SSSR count). The summed E-state index contributed by atoms with van der Waals surface area (Å²) in [5, 5.41) is 5.62. The van der Waals surface area contributed by atoms with Crippen LogP contribution in [0, 0.1) is 0 Å². The van der Waals surface area contributed by atoms with Crippen LogP contribution in [-0.4, -0.2) is 124 Å². The van der Waals surface area contributed by atoms with E-state index in [2.05, 4.69) is 32.7 Å². The van der Waals surface area contributed by atoms with Crippen molar-refractivity contribution in [2.75, 3.05) is 56.5 Å². The fraction of sp³-hybridized carbons (Fsp3) is 0.488. The lowest BCUT2D eigenvalue weighted by Crippen LogP contribution is -2.52. The molecule has 4 fully saturated rings. The molecule has 16 heteroatoms. The Morgan fingerprint density at radius 3 is 2.46 bits per heavy atom. The molecule has 1 aromatic heterocycles. The largest absolute Gasteiger partial charge is 0.364 e. The second-order valence-corrected chi connectivity index (χ2v) is 16.4. The van der Waals surface area contributed by atoms with Crippen LogP contribution in [-0.2, 0) is 27.3 Å². The zero-order valence-electron chi connectivity index (χ0n) is 33.5. The molecule has 7 amide bonds. The van der Waals surface area contributed by atoms with Gasteiger partial charge >= 0.3 is 6.03 Å². The fourth-order valence-electron chi connectivity index (χ4n) is 9.30. The number of likely N-dealkylation sites (N-methyl/N-ethyl adjacent to an activating group) is 1. The van der Waals surface area contributed by atoms with Gasteiger partial charge < -0.3 is 35.6 Å². The quantitative estimate of drug-likeness (QED) is 0.179. The number of imide groups is 1. The maximum atomic E-state index is 13.2. The lowest BCUT2D eigenvalue weighted by atomic mass is 9.89. The topological polar surface area (TPSA) is 194 Å². The highest BCUT2D eigenvalue weighted by molar-refractivity contribution is 6.05. The van der Waals surface area contributed by atoms with Gasteiger partial charge in [-0.05, 0) is 92.2 Å². The van der Waals surface area contributed by atoms with Gasteiger partial charge in [0, 0.05) is 78.4 Å². The zero-order valence-corrected chi connectivity index (χ0v) is 33.5. The molecule has 312 valence electrons. The summed E-state index contributed by atoms with van der Waals surface area (Å²) >= 11 is 0. The van der Waals surface area contributed by atoms with Crippen molar-refractivity contribution in [3.63, 3.8) is 0 Å². The molecule has 5 aliphatic rings. The first-order valence-electron chi connectivity index (χ1n) is 20.9. The van der Waals surface area contributed by atoms with Crippen molar-refractivity contribution >= 4 is 52.9 Å². The van der Waals surface area contributed by atoms with Gasteiger partial charge in [0.05, 0.1) is 12.2 Å². The molecule has 2 atom stereocenters. The number of urea groups is 1. The molecule has 59 heavy (non-hydrogen) atoms. The minimum absolute atomic E-state index is 0. The minimum Gasteiger partial charge on any atom is -0.364 e. The number of piperidine rings is 3. The monoisotopic (exact) mass is 806 g/mol. The maximum Gasteiger partial charge on any atom is 0.320 e.